The number of halogens is 1. The van der Waals surface area contributed by atoms with Gasteiger partial charge in [0.25, 0.3) is 0 Å². The highest BCUT2D eigenvalue weighted by Crippen LogP contribution is 2.29. The third kappa shape index (κ3) is 4.49. The third-order valence-electron chi connectivity index (χ3n) is 4.21. The number of hydrazine groups is 1. The van der Waals surface area contributed by atoms with Crippen molar-refractivity contribution in [3.63, 3.8) is 0 Å². The number of para-hydroxylation sites is 2. The van der Waals surface area contributed by atoms with E-state index < -0.39 is 0 Å². The smallest absolute Gasteiger partial charge is 0.248 e. The Morgan fingerprint density at radius 1 is 0.900 bits per heavy atom. The van der Waals surface area contributed by atoms with Crippen molar-refractivity contribution in [2.45, 2.75) is 5.16 Å². The van der Waals surface area contributed by atoms with Crippen LogP contribution in [-0.4, -0.2) is 26.4 Å². The molecule has 4 aromatic rings. The first kappa shape index (κ1) is 19.7. The van der Waals surface area contributed by atoms with Crippen LogP contribution in [0.25, 0.3) is 17.1 Å². The molecule has 8 heteroatoms. The van der Waals surface area contributed by atoms with Gasteiger partial charge < -0.3 is 0 Å². The van der Waals surface area contributed by atoms with E-state index >= 15 is 0 Å². The van der Waals surface area contributed by atoms with Crippen molar-refractivity contribution in [3.05, 3.63) is 90.7 Å². The zero-order valence-corrected chi connectivity index (χ0v) is 16.6. The minimum absolute atomic E-state index is 0.113. The largest absolute Gasteiger partial charge is 0.299 e. The summed E-state index contributed by atoms with van der Waals surface area (Å²) in [5.74, 6) is -0.116. The van der Waals surface area contributed by atoms with Crippen molar-refractivity contribution in [3.8, 4) is 17.1 Å². The minimum atomic E-state index is -0.386. The van der Waals surface area contributed by atoms with Crippen LogP contribution in [0, 0.1) is 5.82 Å². The predicted octanol–water partition coefficient (Wildman–Crippen LogP) is 4.31. The van der Waals surface area contributed by atoms with Gasteiger partial charge in [-0.05, 0) is 36.4 Å². The first-order chi connectivity index (χ1) is 14.7. The summed E-state index contributed by atoms with van der Waals surface area (Å²) < 4.78 is 16.1. The standard InChI is InChI=1S/C22H18FN5OS/c23-19-14-8-7-13-18(19)21-26-27-22(28(21)17-11-5-2-6-12-17)30-15-20(29)25-24-16-9-3-1-4-10-16/h1-14,24H,15H2,(H,25,29). The number of anilines is 1. The van der Waals surface area contributed by atoms with Gasteiger partial charge >= 0.3 is 0 Å². The monoisotopic (exact) mass is 419 g/mol. The van der Waals surface area contributed by atoms with E-state index in [2.05, 4.69) is 21.0 Å². The third-order valence-corrected chi connectivity index (χ3v) is 5.14. The van der Waals surface area contributed by atoms with E-state index in [0.29, 0.717) is 16.5 Å². The molecule has 0 radical (unpaired) electrons. The van der Waals surface area contributed by atoms with Crippen molar-refractivity contribution in [1.29, 1.82) is 0 Å². The average molecular weight is 419 g/mol. The Morgan fingerprint density at radius 2 is 1.57 bits per heavy atom. The zero-order chi connectivity index (χ0) is 20.8. The van der Waals surface area contributed by atoms with Gasteiger partial charge in [-0.15, -0.1) is 10.2 Å². The predicted molar refractivity (Wildman–Crippen MR) is 116 cm³/mol. The number of thioether (sulfide) groups is 1. The maximum atomic E-state index is 14.4. The molecule has 0 aliphatic carbocycles. The number of nitrogens with zero attached hydrogens (tertiary/aromatic N) is 3. The SMILES string of the molecule is O=C(CSc1nnc(-c2ccccc2F)n1-c1ccccc1)NNc1ccccc1. The molecule has 0 saturated carbocycles. The van der Waals surface area contributed by atoms with E-state index in [4.69, 9.17) is 0 Å². The van der Waals surface area contributed by atoms with E-state index in [1.54, 1.807) is 22.8 Å². The maximum Gasteiger partial charge on any atom is 0.248 e. The van der Waals surface area contributed by atoms with Crippen LogP contribution in [0.15, 0.2) is 90.1 Å². The summed E-state index contributed by atoms with van der Waals surface area (Å²) in [4.78, 5) is 12.3. The molecule has 4 rings (SSSR count). The molecule has 1 heterocycles. The van der Waals surface area contributed by atoms with E-state index in [1.165, 1.54) is 17.8 Å². The fraction of sp³-hybridized carbons (Fsp3) is 0.0455. The summed E-state index contributed by atoms with van der Waals surface area (Å²) in [6.45, 7) is 0. The van der Waals surface area contributed by atoms with Crippen molar-refractivity contribution in [1.82, 2.24) is 20.2 Å². The summed E-state index contributed by atoms with van der Waals surface area (Å²) in [7, 11) is 0. The number of benzene rings is 3. The highest BCUT2D eigenvalue weighted by atomic mass is 32.2. The Bertz CT molecular complexity index is 1130. The molecule has 2 N–H and O–H groups in total. The molecule has 0 spiro atoms. The Hall–Kier alpha value is -3.65. The second kappa shape index (κ2) is 9.23. The average Bonchev–Trinajstić information content (AvgIpc) is 3.21. The fourth-order valence-corrected chi connectivity index (χ4v) is 3.57. The molecule has 0 atom stereocenters. The lowest BCUT2D eigenvalue weighted by atomic mass is 10.2. The van der Waals surface area contributed by atoms with E-state index in [1.807, 2.05) is 60.7 Å². The molecule has 0 aliphatic heterocycles. The second-order valence-electron chi connectivity index (χ2n) is 6.28. The summed E-state index contributed by atoms with van der Waals surface area (Å²) in [6.07, 6.45) is 0. The van der Waals surface area contributed by atoms with Gasteiger partial charge in [0.15, 0.2) is 11.0 Å². The van der Waals surface area contributed by atoms with Crippen LogP contribution in [0.4, 0.5) is 10.1 Å². The van der Waals surface area contributed by atoms with E-state index in [9.17, 15) is 9.18 Å². The van der Waals surface area contributed by atoms with E-state index in [0.717, 1.165) is 11.4 Å². The van der Waals surface area contributed by atoms with Gasteiger partial charge in [-0.3, -0.25) is 20.2 Å². The topological polar surface area (TPSA) is 71.8 Å². The van der Waals surface area contributed by atoms with Gasteiger partial charge in [-0.2, -0.15) is 0 Å². The number of rotatable bonds is 7. The number of aromatic nitrogens is 3. The molecule has 3 aromatic carbocycles. The van der Waals surface area contributed by atoms with Gasteiger partial charge in [-0.1, -0.05) is 60.3 Å². The Balaban J connectivity index is 1.55. The van der Waals surface area contributed by atoms with Crippen molar-refractivity contribution in [2.75, 3.05) is 11.2 Å². The molecule has 30 heavy (non-hydrogen) atoms. The van der Waals surface area contributed by atoms with Crippen LogP contribution >= 0.6 is 11.8 Å². The molecular formula is C22H18FN5OS. The lowest BCUT2D eigenvalue weighted by Crippen LogP contribution is -2.30. The molecule has 1 aromatic heterocycles. The van der Waals surface area contributed by atoms with Crippen LogP contribution in [0.5, 0.6) is 0 Å². The summed E-state index contributed by atoms with van der Waals surface area (Å²) >= 11 is 1.22. The van der Waals surface area contributed by atoms with Crippen LogP contribution in [0.2, 0.25) is 0 Å². The lowest BCUT2D eigenvalue weighted by molar-refractivity contribution is -0.118. The van der Waals surface area contributed by atoms with Gasteiger partial charge in [-0.25, -0.2) is 4.39 Å². The molecule has 1 amide bonds. The first-order valence-electron chi connectivity index (χ1n) is 9.21. The van der Waals surface area contributed by atoms with Crippen LogP contribution < -0.4 is 10.9 Å². The van der Waals surface area contributed by atoms with Crippen molar-refractivity contribution < 1.29 is 9.18 Å². The minimum Gasteiger partial charge on any atom is -0.299 e. The van der Waals surface area contributed by atoms with Crippen molar-refractivity contribution >= 4 is 23.4 Å². The Labute approximate surface area is 177 Å². The quantitative estimate of drug-likeness (QED) is 0.345. The van der Waals surface area contributed by atoms with Gasteiger partial charge in [0, 0.05) is 5.69 Å². The van der Waals surface area contributed by atoms with Crippen molar-refractivity contribution in [2.24, 2.45) is 0 Å². The Kier molecular flexibility index (Phi) is 6.05. The normalized spacial score (nSPS) is 10.6. The molecule has 0 fully saturated rings. The number of carbonyl (C=O) groups excluding carboxylic acids is 1. The van der Waals surface area contributed by atoms with Crippen LogP contribution in [0.1, 0.15) is 0 Å². The Morgan fingerprint density at radius 3 is 2.30 bits per heavy atom. The molecule has 0 aliphatic rings. The number of nitrogens with one attached hydrogen (secondary N) is 2. The zero-order valence-electron chi connectivity index (χ0n) is 15.8. The fourth-order valence-electron chi connectivity index (χ4n) is 2.82. The number of hydrogen-bond acceptors (Lipinski definition) is 5. The van der Waals surface area contributed by atoms with E-state index in [-0.39, 0.29) is 17.5 Å². The summed E-state index contributed by atoms with van der Waals surface area (Å²) in [5, 5.41) is 8.90. The van der Waals surface area contributed by atoms with Crippen LogP contribution in [-0.2, 0) is 4.79 Å². The lowest BCUT2D eigenvalue weighted by Gasteiger charge is -2.11. The highest BCUT2D eigenvalue weighted by molar-refractivity contribution is 7.99. The second-order valence-corrected chi connectivity index (χ2v) is 7.23. The van der Waals surface area contributed by atoms with Gasteiger partial charge in [0.1, 0.15) is 5.82 Å². The summed E-state index contributed by atoms with van der Waals surface area (Å²) in [5.41, 5.74) is 7.42. The summed E-state index contributed by atoms with van der Waals surface area (Å²) in [6, 6.07) is 25.2. The van der Waals surface area contributed by atoms with Gasteiger partial charge in [0.2, 0.25) is 5.91 Å². The number of hydrogen-bond donors (Lipinski definition) is 2. The maximum absolute atomic E-state index is 14.4. The number of amides is 1. The first-order valence-corrected chi connectivity index (χ1v) is 10.2. The molecule has 0 unspecified atom stereocenters. The molecule has 6 nitrogen and oxygen atoms in total. The molecule has 0 saturated heterocycles. The van der Waals surface area contributed by atoms with Gasteiger partial charge in [0.05, 0.1) is 17.0 Å². The molecular weight excluding hydrogens is 401 g/mol. The van der Waals surface area contributed by atoms with Crippen LogP contribution in [0.3, 0.4) is 0 Å². The number of carbonyl (C=O) groups is 1. The molecule has 150 valence electrons. The highest BCUT2D eigenvalue weighted by Gasteiger charge is 2.19. The molecule has 0 bridgehead atoms.